The van der Waals surface area contributed by atoms with Gasteiger partial charge in [0.15, 0.2) is 0 Å². The fraction of sp³-hybridized carbons (Fsp3) is 0.278. The Hall–Kier alpha value is -1.30. The van der Waals surface area contributed by atoms with E-state index in [0.29, 0.717) is 0 Å². The molecule has 0 saturated heterocycles. The second kappa shape index (κ2) is 6.92. The van der Waals surface area contributed by atoms with Crippen molar-refractivity contribution < 1.29 is 0 Å². The highest BCUT2D eigenvalue weighted by atomic mass is 31.2. The van der Waals surface area contributed by atoms with E-state index in [1.165, 1.54) is 10.6 Å². The number of benzene rings is 2. The maximum absolute atomic E-state index is 2.62. The van der Waals surface area contributed by atoms with Crippen LogP contribution >= 0.6 is 7.04 Å². The van der Waals surface area contributed by atoms with E-state index in [1.54, 1.807) is 0 Å². The quantitative estimate of drug-likeness (QED) is 0.757. The lowest BCUT2D eigenvalue weighted by Crippen LogP contribution is -2.33. The summed E-state index contributed by atoms with van der Waals surface area (Å²) in [5.74, 6) is 2.44. The van der Waals surface area contributed by atoms with Crippen molar-refractivity contribution in [2.24, 2.45) is 0 Å². The Morgan fingerprint density at radius 1 is 0.800 bits per heavy atom. The van der Waals surface area contributed by atoms with E-state index < -0.39 is 7.04 Å². The number of hydrogen-bond donors (Lipinski definition) is 0. The molecule has 2 aromatic carbocycles. The van der Waals surface area contributed by atoms with Crippen LogP contribution in [0.2, 0.25) is 0 Å². The van der Waals surface area contributed by atoms with Crippen LogP contribution in [-0.2, 0) is 0 Å². The van der Waals surface area contributed by atoms with Gasteiger partial charge < -0.3 is 0 Å². The second-order valence-corrected chi connectivity index (χ2v) is 8.24. The third-order valence-corrected chi connectivity index (χ3v) is 8.23. The normalized spacial score (nSPS) is 11.6. The molecule has 2 rings (SSSR count). The van der Waals surface area contributed by atoms with Crippen LogP contribution in [0.1, 0.15) is 20.8 Å². The molecule has 0 N–H and O–H groups in total. The number of nitrogens with zero attached hydrogens (tertiary/aromatic N) is 1. The van der Waals surface area contributed by atoms with Crippen molar-refractivity contribution in [3.05, 3.63) is 60.7 Å². The summed E-state index contributed by atoms with van der Waals surface area (Å²) in [6, 6.07) is 21.9. The Morgan fingerprint density at radius 2 is 1.20 bits per heavy atom. The molecule has 0 fully saturated rings. The fourth-order valence-electron chi connectivity index (χ4n) is 2.92. The first-order valence-electron chi connectivity index (χ1n) is 7.35. The monoisotopic (exact) mass is 285 g/mol. The lowest BCUT2D eigenvalue weighted by molar-refractivity contribution is 0.512. The van der Waals surface area contributed by atoms with Gasteiger partial charge in [-0.2, -0.15) is 0 Å². The molecule has 0 unspecified atom stereocenters. The van der Waals surface area contributed by atoms with Gasteiger partial charge in [-0.15, -0.1) is 0 Å². The zero-order chi connectivity index (χ0) is 14.4. The van der Waals surface area contributed by atoms with Gasteiger partial charge in [0.05, 0.1) is 0 Å². The average Bonchev–Trinajstić information content (AvgIpc) is 2.54. The van der Waals surface area contributed by atoms with Crippen molar-refractivity contribution >= 4 is 23.4 Å². The predicted octanol–water partition coefficient (Wildman–Crippen LogP) is 3.73. The van der Waals surface area contributed by atoms with Gasteiger partial charge in [0, 0.05) is 7.04 Å². The van der Waals surface area contributed by atoms with Crippen molar-refractivity contribution in [2.75, 3.05) is 13.1 Å². The molecule has 0 bridgehead atoms. The van der Waals surface area contributed by atoms with Crippen LogP contribution in [-0.4, -0.2) is 23.6 Å². The molecule has 0 aliphatic heterocycles. The summed E-state index contributed by atoms with van der Waals surface area (Å²) in [5.41, 5.74) is 0. The van der Waals surface area contributed by atoms with E-state index in [9.17, 15) is 0 Å². The zero-order valence-corrected chi connectivity index (χ0v) is 13.6. The molecule has 0 atom stereocenters. The lowest BCUT2D eigenvalue weighted by atomic mass is 10.4. The summed E-state index contributed by atoms with van der Waals surface area (Å²) in [5, 5.41) is 2.88. The molecule has 20 heavy (non-hydrogen) atoms. The lowest BCUT2D eigenvalue weighted by Gasteiger charge is -2.38. The molecule has 2 heteroatoms. The summed E-state index contributed by atoms with van der Waals surface area (Å²) in [7, 11) is -1.58. The van der Waals surface area contributed by atoms with Crippen LogP contribution in [0.4, 0.5) is 0 Å². The summed E-state index contributed by atoms with van der Waals surface area (Å²) in [6.45, 7) is 8.87. The fourth-order valence-corrected chi connectivity index (χ4v) is 6.94. The minimum Gasteiger partial charge on any atom is -0.277 e. The SMILES string of the molecule is CC=P(c1ccccc1)(c1ccccc1)N(CC)CC. The predicted molar refractivity (Wildman–Crippen MR) is 93.7 cm³/mol. The van der Waals surface area contributed by atoms with E-state index in [1.807, 2.05) is 0 Å². The van der Waals surface area contributed by atoms with Gasteiger partial charge in [-0.05, 0) is 30.6 Å². The molecule has 0 radical (unpaired) electrons. The first-order chi connectivity index (χ1) is 9.79. The van der Waals surface area contributed by atoms with Gasteiger partial charge in [-0.3, -0.25) is 4.67 Å². The van der Waals surface area contributed by atoms with Crippen LogP contribution in [0.5, 0.6) is 0 Å². The van der Waals surface area contributed by atoms with E-state index in [0.717, 1.165) is 13.1 Å². The van der Waals surface area contributed by atoms with Gasteiger partial charge in [-0.1, -0.05) is 80.3 Å². The minimum atomic E-state index is -1.58. The molecule has 106 valence electrons. The van der Waals surface area contributed by atoms with Crippen LogP contribution in [0, 0.1) is 0 Å². The smallest absolute Gasteiger partial charge is 0.00538 e. The van der Waals surface area contributed by atoms with Crippen molar-refractivity contribution in [1.29, 1.82) is 0 Å². The molecule has 1 nitrogen and oxygen atoms in total. The molecule has 0 aromatic heterocycles. The van der Waals surface area contributed by atoms with Crippen molar-refractivity contribution in [2.45, 2.75) is 20.8 Å². The zero-order valence-electron chi connectivity index (χ0n) is 12.7. The van der Waals surface area contributed by atoms with Crippen LogP contribution in [0.3, 0.4) is 0 Å². The van der Waals surface area contributed by atoms with E-state index in [2.05, 4.69) is 91.9 Å². The van der Waals surface area contributed by atoms with E-state index in [4.69, 9.17) is 0 Å². The molecule has 0 saturated carbocycles. The molecule has 0 aliphatic carbocycles. The van der Waals surface area contributed by atoms with Crippen LogP contribution in [0.15, 0.2) is 60.7 Å². The first-order valence-corrected chi connectivity index (χ1v) is 9.16. The third-order valence-electron chi connectivity index (χ3n) is 3.85. The van der Waals surface area contributed by atoms with Crippen LogP contribution in [0.25, 0.3) is 0 Å². The highest BCUT2D eigenvalue weighted by molar-refractivity contribution is 7.86. The van der Waals surface area contributed by atoms with E-state index in [-0.39, 0.29) is 0 Å². The van der Waals surface area contributed by atoms with Gasteiger partial charge in [0.2, 0.25) is 0 Å². The molecule has 0 amide bonds. The Morgan fingerprint density at radius 3 is 1.50 bits per heavy atom. The Kier molecular flexibility index (Phi) is 5.23. The standard InChI is InChI=1S/C18H24NP/c1-4-19(5-2)20(6-3,17-13-9-7-10-14-17)18-15-11-8-12-16-18/h6-16H,4-5H2,1-3H3. The number of hydrogen-bond acceptors (Lipinski definition) is 1. The van der Waals surface area contributed by atoms with E-state index >= 15 is 0 Å². The second-order valence-electron chi connectivity index (χ2n) is 4.75. The molecule has 2 aromatic rings. The molecular weight excluding hydrogens is 261 g/mol. The highest BCUT2D eigenvalue weighted by Crippen LogP contribution is 2.48. The molecule has 0 spiro atoms. The van der Waals surface area contributed by atoms with Crippen molar-refractivity contribution in [3.8, 4) is 0 Å². The Labute approximate surface area is 123 Å². The average molecular weight is 285 g/mol. The molecular formula is C18H24NP. The summed E-state index contributed by atoms with van der Waals surface area (Å²) < 4.78 is 2.62. The summed E-state index contributed by atoms with van der Waals surface area (Å²) in [6.07, 6.45) is 0. The first kappa shape index (κ1) is 15.1. The Bertz CT molecular complexity index is 527. The molecule has 0 aliphatic rings. The Balaban J connectivity index is 2.72. The van der Waals surface area contributed by atoms with Crippen molar-refractivity contribution in [1.82, 2.24) is 4.67 Å². The van der Waals surface area contributed by atoms with Gasteiger partial charge in [-0.25, -0.2) is 0 Å². The van der Waals surface area contributed by atoms with Gasteiger partial charge in [0.1, 0.15) is 0 Å². The summed E-state index contributed by atoms with van der Waals surface area (Å²) >= 11 is 0. The number of rotatable bonds is 5. The highest BCUT2D eigenvalue weighted by Gasteiger charge is 2.26. The van der Waals surface area contributed by atoms with Crippen molar-refractivity contribution in [3.63, 3.8) is 0 Å². The maximum atomic E-state index is 2.62. The largest absolute Gasteiger partial charge is 0.277 e. The van der Waals surface area contributed by atoms with Crippen LogP contribution < -0.4 is 10.6 Å². The topological polar surface area (TPSA) is 3.24 Å². The third kappa shape index (κ3) is 2.61. The summed E-state index contributed by atoms with van der Waals surface area (Å²) in [4.78, 5) is 0. The van der Waals surface area contributed by atoms with Gasteiger partial charge >= 0.3 is 0 Å². The molecule has 0 heterocycles. The van der Waals surface area contributed by atoms with Gasteiger partial charge in [0.25, 0.3) is 0 Å². The maximum Gasteiger partial charge on any atom is 0.00538 e. The minimum absolute atomic E-state index is 1.07.